The van der Waals surface area contributed by atoms with Crippen LogP contribution >= 0.6 is 0 Å². The summed E-state index contributed by atoms with van der Waals surface area (Å²) in [5, 5.41) is 1.98. The van der Waals surface area contributed by atoms with Gasteiger partial charge >= 0.3 is 0 Å². The Hall–Kier alpha value is -2.68. The van der Waals surface area contributed by atoms with E-state index in [0.717, 1.165) is 33.2 Å². The van der Waals surface area contributed by atoms with Gasteiger partial charge in [-0.25, -0.2) is 8.96 Å². The molecular weight excluding hydrogens is 301 g/mol. The molecule has 2 heterocycles. The number of hydrogen-bond acceptors (Lipinski definition) is 1. The highest BCUT2D eigenvalue weighted by Crippen LogP contribution is 2.37. The van der Waals surface area contributed by atoms with Crippen molar-refractivity contribution in [2.75, 3.05) is 0 Å². The SMILES string of the molecule is Cc1cc[n+](C)c(-c2c(C)ccc3c2oc2cc(F)c(C)cc23)c1. The number of aryl methyl sites for hydroxylation is 4. The molecule has 0 fully saturated rings. The van der Waals surface area contributed by atoms with Crippen LogP contribution in [0, 0.1) is 26.6 Å². The molecule has 0 radical (unpaired) electrons. The molecule has 2 aromatic heterocycles. The van der Waals surface area contributed by atoms with Crippen LogP contribution in [-0.2, 0) is 7.05 Å². The van der Waals surface area contributed by atoms with Gasteiger partial charge in [0.2, 0.25) is 5.69 Å². The first-order chi connectivity index (χ1) is 11.5. The zero-order valence-electron chi connectivity index (χ0n) is 14.3. The monoisotopic (exact) mass is 320 g/mol. The van der Waals surface area contributed by atoms with E-state index < -0.39 is 0 Å². The van der Waals surface area contributed by atoms with Gasteiger partial charge in [-0.2, -0.15) is 0 Å². The fourth-order valence-electron chi connectivity index (χ4n) is 3.31. The molecule has 0 saturated heterocycles. The molecular formula is C21H19FNO+. The van der Waals surface area contributed by atoms with Crippen molar-refractivity contribution < 1.29 is 13.4 Å². The highest BCUT2D eigenvalue weighted by molar-refractivity contribution is 6.09. The van der Waals surface area contributed by atoms with Crippen LogP contribution in [0.3, 0.4) is 0 Å². The van der Waals surface area contributed by atoms with Gasteiger partial charge < -0.3 is 4.42 Å². The van der Waals surface area contributed by atoms with Gasteiger partial charge in [-0.15, -0.1) is 0 Å². The molecule has 0 unspecified atom stereocenters. The van der Waals surface area contributed by atoms with E-state index in [1.807, 2.05) is 13.1 Å². The van der Waals surface area contributed by atoms with Gasteiger partial charge in [0.15, 0.2) is 6.20 Å². The van der Waals surface area contributed by atoms with Crippen LogP contribution in [0.1, 0.15) is 16.7 Å². The third kappa shape index (κ3) is 2.12. The van der Waals surface area contributed by atoms with E-state index in [-0.39, 0.29) is 5.82 Å². The van der Waals surface area contributed by atoms with Gasteiger partial charge in [0, 0.05) is 29.0 Å². The molecule has 0 aliphatic carbocycles. The lowest BCUT2D eigenvalue weighted by Crippen LogP contribution is -2.30. The van der Waals surface area contributed by atoms with E-state index in [0.29, 0.717) is 11.1 Å². The minimum Gasteiger partial charge on any atom is -0.455 e. The van der Waals surface area contributed by atoms with Crippen LogP contribution in [0.5, 0.6) is 0 Å². The summed E-state index contributed by atoms with van der Waals surface area (Å²) in [5.41, 5.74) is 6.53. The summed E-state index contributed by atoms with van der Waals surface area (Å²) < 4.78 is 22.1. The van der Waals surface area contributed by atoms with Crippen LogP contribution in [0.25, 0.3) is 33.2 Å². The van der Waals surface area contributed by atoms with Gasteiger partial charge in [0.1, 0.15) is 24.0 Å². The maximum Gasteiger partial charge on any atom is 0.216 e. The van der Waals surface area contributed by atoms with E-state index in [1.165, 1.54) is 11.6 Å². The largest absolute Gasteiger partial charge is 0.455 e. The molecule has 24 heavy (non-hydrogen) atoms. The van der Waals surface area contributed by atoms with Crippen molar-refractivity contribution in [3.8, 4) is 11.3 Å². The predicted molar refractivity (Wildman–Crippen MR) is 94.5 cm³/mol. The second kappa shape index (κ2) is 5.17. The van der Waals surface area contributed by atoms with Gasteiger partial charge in [-0.05, 0) is 43.5 Å². The van der Waals surface area contributed by atoms with Crippen molar-refractivity contribution in [2.45, 2.75) is 20.8 Å². The Labute approximate surface area is 140 Å². The van der Waals surface area contributed by atoms with Crippen LogP contribution < -0.4 is 4.57 Å². The molecule has 0 spiro atoms. The summed E-state index contributed by atoms with van der Waals surface area (Å²) in [5.74, 6) is -0.235. The Balaban J connectivity index is 2.15. The lowest BCUT2D eigenvalue weighted by molar-refractivity contribution is -0.660. The van der Waals surface area contributed by atoms with Crippen molar-refractivity contribution in [3.05, 3.63) is 65.1 Å². The van der Waals surface area contributed by atoms with Crippen LogP contribution in [0.2, 0.25) is 0 Å². The zero-order chi connectivity index (χ0) is 17.0. The maximum absolute atomic E-state index is 13.9. The molecule has 0 N–H and O–H groups in total. The average molecular weight is 320 g/mol. The average Bonchev–Trinajstić information content (AvgIpc) is 2.88. The number of aromatic nitrogens is 1. The number of benzene rings is 2. The molecule has 0 saturated carbocycles. The molecule has 2 aromatic carbocycles. The Morgan fingerprint density at radius 2 is 1.71 bits per heavy atom. The molecule has 0 atom stereocenters. The molecule has 0 aliphatic heterocycles. The topological polar surface area (TPSA) is 17.0 Å². The zero-order valence-corrected chi connectivity index (χ0v) is 14.3. The Morgan fingerprint density at radius 1 is 0.917 bits per heavy atom. The molecule has 3 heteroatoms. The molecule has 4 aromatic rings. The molecule has 0 amide bonds. The number of halogens is 1. The highest BCUT2D eigenvalue weighted by atomic mass is 19.1. The van der Waals surface area contributed by atoms with Crippen LogP contribution in [-0.4, -0.2) is 0 Å². The molecule has 0 aliphatic rings. The lowest BCUT2D eigenvalue weighted by atomic mass is 9.99. The third-order valence-corrected chi connectivity index (χ3v) is 4.69. The van der Waals surface area contributed by atoms with E-state index in [2.05, 4.69) is 48.9 Å². The minimum atomic E-state index is -0.235. The smallest absolute Gasteiger partial charge is 0.216 e. The van der Waals surface area contributed by atoms with E-state index in [4.69, 9.17) is 4.42 Å². The summed E-state index contributed by atoms with van der Waals surface area (Å²) in [7, 11) is 2.03. The van der Waals surface area contributed by atoms with Gasteiger partial charge in [0.25, 0.3) is 0 Å². The Morgan fingerprint density at radius 3 is 2.50 bits per heavy atom. The number of pyridine rings is 1. The van der Waals surface area contributed by atoms with Crippen molar-refractivity contribution in [3.63, 3.8) is 0 Å². The van der Waals surface area contributed by atoms with Crippen molar-refractivity contribution in [2.24, 2.45) is 7.05 Å². The highest BCUT2D eigenvalue weighted by Gasteiger charge is 2.21. The molecule has 120 valence electrons. The number of furan rings is 1. The fourth-order valence-corrected chi connectivity index (χ4v) is 3.31. The van der Waals surface area contributed by atoms with Crippen molar-refractivity contribution >= 4 is 21.9 Å². The molecule has 4 rings (SSSR count). The first-order valence-electron chi connectivity index (χ1n) is 8.04. The summed E-state index contributed by atoms with van der Waals surface area (Å²) in [6, 6.07) is 11.8. The van der Waals surface area contributed by atoms with E-state index in [1.54, 1.807) is 6.92 Å². The second-order valence-electron chi connectivity index (χ2n) is 6.53. The second-order valence-corrected chi connectivity index (χ2v) is 6.53. The molecule has 2 nitrogen and oxygen atoms in total. The minimum absolute atomic E-state index is 0.235. The van der Waals surface area contributed by atoms with Gasteiger partial charge in [-0.1, -0.05) is 12.1 Å². The standard InChI is InChI=1S/C21H19FNO/c1-12-7-8-23(4)18(9-12)20-13(2)5-6-15-16-10-14(3)17(22)11-19(16)24-21(15)20/h5-11H,1-4H3/q+1. The normalized spacial score (nSPS) is 11.5. The van der Waals surface area contributed by atoms with Crippen molar-refractivity contribution in [1.29, 1.82) is 0 Å². The summed E-state index contributed by atoms with van der Waals surface area (Å²) in [6.07, 6.45) is 2.05. The van der Waals surface area contributed by atoms with E-state index >= 15 is 0 Å². The van der Waals surface area contributed by atoms with Gasteiger partial charge in [0.05, 0.1) is 5.56 Å². The number of fused-ring (bicyclic) bond motifs is 3. The van der Waals surface area contributed by atoms with E-state index in [9.17, 15) is 4.39 Å². The molecule has 0 bridgehead atoms. The van der Waals surface area contributed by atoms with Crippen LogP contribution in [0.15, 0.2) is 47.0 Å². The first-order valence-corrected chi connectivity index (χ1v) is 8.04. The predicted octanol–water partition coefficient (Wildman–Crippen LogP) is 5.14. The number of hydrogen-bond donors (Lipinski definition) is 0. The third-order valence-electron chi connectivity index (χ3n) is 4.69. The first kappa shape index (κ1) is 14.9. The Bertz CT molecular complexity index is 1110. The number of rotatable bonds is 1. The Kier molecular flexibility index (Phi) is 3.20. The lowest BCUT2D eigenvalue weighted by Gasteiger charge is -2.06. The van der Waals surface area contributed by atoms with Gasteiger partial charge in [-0.3, -0.25) is 0 Å². The summed E-state index contributed by atoms with van der Waals surface area (Å²) in [4.78, 5) is 0. The fraction of sp³-hybridized carbons (Fsp3) is 0.190. The van der Waals surface area contributed by atoms with Crippen molar-refractivity contribution in [1.82, 2.24) is 0 Å². The number of nitrogens with zero attached hydrogens (tertiary/aromatic N) is 1. The maximum atomic E-state index is 13.9. The summed E-state index contributed by atoms with van der Waals surface area (Å²) >= 11 is 0. The van der Waals surface area contributed by atoms with Crippen LogP contribution in [0.4, 0.5) is 4.39 Å². The quantitative estimate of drug-likeness (QED) is 0.444. The summed E-state index contributed by atoms with van der Waals surface area (Å²) in [6.45, 7) is 5.94.